The molecule has 2 saturated carbocycles. The first-order valence-corrected chi connectivity index (χ1v) is 13.7. The Morgan fingerprint density at radius 2 is 2.00 bits per heavy atom. The summed E-state index contributed by atoms with van der Waals surface area (Å²) in [7, 11) is 0. The molecule has 2 aliphatic rings. The zero-order valence-electron chi connectivity index (χ0n) is 20.4. The number of carbonyl (C=O) groups is 1. The standard InChI is InChI=1S/C28H27ClN2O5S/c1-15-3-2-4-20(29)23(15)24-19(25(36-31-24)16-5-6-16)14-35-18-9-11-28(34,12-10-18)27-30-21-13-17(26(32)33)7-8-22(21)37-27/h2-4,7-8,13,16,18,34H,5-6,9-12,14H2,1H3,(H,32,33)/t18-,28-. The lowest BCUT2D eigenvalue weighted by atomic mass is 9.83. The Balaban J connectivity index is 1.17. The first-order valence-electron chi connectivity index (χ1n) is 12.5. The van der Waals surface area contributed by atoms with Crippen molar-refractivity contribution in [2.45, 2.75) is 69.7 Å². The van der Waals surface area contributed by atoms with Crippen LogP contribution in [-0.4, -0.2) is 32.4 Å². The number of aryl methyl sites for hydroxylation is 1. The minimum atomic E-state index is -1.04. The molecule has 0 unspecified atom stereocenters. The SMILES string of the molecule is Cc1cccc(Cl)c1-c1noc(C2CC2)c1CO[C@H]1CC[C@@](O)(c2nc3cc(C(=O)O)ccc3s2)CC1. The average Bonchev–Trinajstić information content (AvgIpc) is 3.49. The third-order valence-corrected chi connectivity index (χ3v) is 9.03. The van der Waals surface area contributed by atoms with Crippen molar-refractivity contribution in [3.8, 4) is 11.3 Å². The number of fused-ring (bicyclic) bond motifs is 1. The molecule has 0 saturated heterocycles. The van der Waals surface area contributed by atoms with Gasteiger partial charge in [0.25, 0.3) is 0 Å². The summed E-state index contributed by atoms with van der Waals surface area (Å²) in [5, 5.41) is 26.4. The second-order valence-corrected chi connectivity index (χ2v) is 11.6. The Morgan fingerprint density at radius 3 is 2.70 bits per heavy atom. The molecule has 4 aromatic rings. The summed E-state index contributed by atoms with van der Waals surface area (Å²) in [5.41, 5.74) is 3.42. The van der Waals surface area contributed by atoms with Crippen molar-refractivity contribution >= 4 is 39.1 Å². The van der Waals surface area contributed by atoms with E-state index in [-0.39, 0.29) is 11.7 Å². The van der Waals surface area contributed by atoms with E-state index in [2.05, 4.69) is 10.1 Å². The molecule has 37 heavy (non-hydrogen) atoms. The highest BCUT2D eigenvalue weighted by Gasteiger charge is 2.39. The number of nitrogens with zero attached hydrogens (tertiary/aromatic N) is 2. The molecule has 9 heteroatoms. The largest absolute Gasteiger partial charge is 0.478 e. The zero-order chi connectivity index (χ0) is 25.7. The lowest BCUT2D eigenvalue weighted by Crippen LogP contribution is -2.34. The highest BCUT2D eigenvalue weighted by atomic mass is 35.5. The maximum Gasteiger partial charge on any atom is 0.335 e. The van der Waals surface area contributed by atoms with Gasteiger partial charge in [-0.05, 0) is 75.3 Å². The van der Waals surface area contributed by atoms with Crippen molar-refractivity contribution in [1.82, 2.24) is 10.1 Å². The number of benzene rings is 2. The lowest BCUT2D eigenvalue weighted by Gasteiger charge is -2.34. The van der Waals surface area contributed by atoms with Crippen molar-refractivity contribution in [3.63, 3.8) is 0 Å². The molecule has 0 bridgehead atoms. The van der Waals surface area contributed by atoms with Crippen LogP contribution in [0.25, 0.3) is 21.5 Å². The third-order valence-electron chi connectivity index (χ3n) is 7.48. The van der Waals surface area contributed by atoms with Gasteiger partial charge in [0.05, 0.1) is 33.5 Å². The van der Waals surface area contributed by atoms with Gasteiger partial charge in [0.1, 0.15) is 22.1 Å². The van der Waals surface area contributed by atoms with Gasteiger partial charge in [0.2, 0.25) is 0 Å². The highest BCUT2D eigenvalue weighted by Crippen LogP contribution is 2.46. The summed E-state index contributed by atoms with van der Waals surface area (Å²) >= 11 is 7.97. The van der Waals surface area contributed by atoms with E-state index in [4.69, 9.17) is 20.9 Å². The zero-order valence-corrected chi connectivity index (χ0v) is 21.9. The van der Waals surface area contributed by atoms with Gasteiger partial charge in [0.15, 0.2) is 0 Å². The fourth-order valence-corrected chi connectivity index (χ4v) is 6.57. The first-order chi connectivity index (χ1) is 17.8. The van der Waals surface area contributed by atoms with Gasteiger partial charge in [-0.1, -0.05) is 28.9 Å². The topological polar surface area (TPSA) is 106 Å². The normalized spacial score (nSPS) is 22.0. The number of halogens is 1. The Kier molecular flexibility index (Phi) is 6.31. The van der Waals surface area contributed by atoms with Gasteiger partial charge in [-0.3, -0.25) is 0 Å². The number of rotatable bonds is 7. The Bertz CT molecular complexity index is 1460. The number of hydrogen-bond donors (Lipinski definition) is 2. The van der Waals surface area contributed by atoms with Crippen LogP contribution < -0.4 is 0 Å². The molecule has 0 amide bonds. The molecular formula is C28H27ClN2O5S. The molecule has 0 spiro atoms. The van der Waals surface area contributed by atoms with E-state index >= 15 is 0 Å². The van der Waals surface area contributed by atoms with Gasteiger partial charge in [0, 0.05) is 17.0 Å². The smallest absolute Gasteiger partial charge is 0.335 e. The van der Waals surface area contributed by atoms with Crippen LogP contribution in [0.2, 0.25) is 5.02 Å². The maximum atomic E-state index is 11.4. The van der Waals surface area contributed by atoms with Crippen LogP contribution in [-0.2, 0) is 16.9 Å². The summed E-state index contributed by atoms with van der Waals surface area (Å²) in [6.45, 7) is 2.40. The molecule has 0 radical (unpaired) electrons. The number of aromatic nitrogens is 2. The van der Waals surface area contributed by atoms with E-state index < -0.39 is 11.6 Å². The molecule has 6 rings (SSSR count). The van der Waals surface area contributed by atoms with Gasteiger partial charge in [-0.15, -0.1) is 11.3 Å². The molecule has 0 aliphatic heterocycles. The number of aromatic carboxylic acids is 1. The lowest BCUT2D eigenvalue weighted by molar-refractivity contribution is -0.0640. The molecule has 7 nitrogen and oxygen atoms in total. The first kappa shape index (κ1) is 24.6. The minimum absolute atomic E-state index is 0.00425. The van der Waals surface area contributed by atoms with Crippen LogP contribution in [0.1, 0.15) is 76.7 Å². The molecule has 2 aromatic carbocycles. The second-order valence-electron chi connectivity index (χ2n) is 10.1. The number of carboxylic acids is 1. The van der Waals surface area contributed by atoms with E-state index in [1.807, 2.05) is 25.1 Å². The average molecular weight is 539 g/mol. The fraction of sp³-hybridized carbons (Fsp3) is 0.393. The monoisotopic (exact) mass is 538 g/mol. The van der Waals surface area contributed by atoms with Crippen molar-refractivity contribution in [1.29, 1.82) is 0 Å². The van der Waals surface area contributed by atoms with Crippen LogP contribution >= 0.6 is 22.9 Å². The van der Waals surface area contributed by atoms with Gasteiger partial charge in [-0.25, -0.2) is 9.78 Å². The van der Waals surface area contributed by atoms with Crippen LogP contribution in [0.5, 0.6) is 0 Å². The van der Waals surface area contributed by atoms with E-state index in [9.17, 15) is 15.0 Å². The van der Waals surface area contributed by atoms with Crippen molar-refractivity contribution in [3.05, 3.63) is 68.9 Å². The molecule has 2 aliphatic carbocycles. The van der Waals surface area contributed by atoms with Gasteiger partial charge >= 0.3 is 5.97 Å². The highest BCUT2D eigenvalue weighted by molar-refractivity contribution is 7.18. The number of thiazole rings is 1. The fourth-order valence-electron chi connectivity index (χ4n) is 5.17. The van der Waals surface area contributed by atoms with Crippen LogP contribution in [0.15, 0.2) is 40.9 Å². The summed E-state index contributed by atoms with van der Waals surface area (Å²) in [4.78, 5) is 15.9. The molecule has 2 fully saturated rings. The van der Waals surface area contributed by atoms with E-state index in [0.29, 0.717) is 53.8 Å². The number of ether oxygens (including phenoxy) is 1. The van der Waals surface area contributed by atoms with Gasteiger partial charge < -0.3 is 19.5 Å². The minimum Gasteiger partial charge on any atom is -0.478 e. The predicted molar refractivity (Wildman–Crippen MR) is 141 cm³/mol. The summed E-state index contributed by atoms with van der Waals surface area (Å²) in [6.07, 6.45) is 4.62. The molecule has 0 atom stereocenters. The van der Waals surface area contributed by atoms with E-state index in [0.717, 1.165) is 45.7 Å². The van der Waals surface area contributed by atoms with E-state index in [1.54, 1.807) is 18.2 Å². The van der Waals surface area contributed by atoms with Crippen LogP contribution in [0.3, 0.4) is 0 Å². The number of hydrogen-bond acceptors (Lipinski definition) is 7. The molecule has 2 heterocycles. The Morgan fingerprint density at radius 1 is 1.22 bits per heavy atom. The summed E-state index contributed by atoms with van der Waals surface area (Å²) in [6, 6.07) is 10.7. The van der Waals surface area contributed by atoms with Crippen molar-refractivity contribution in [2.24, 2.45) is 0 Å². The molecule has 192 valence electrons. The molecule has 2 N–H and O–H groups in total. The predicted octanol–water partition coefficient (Wildman–Crippen LogP) is 6.84. The van der Waals surface area contributed by atoms with Crippen molar-refractivity contribution < 1.29 is 24.3 Å². The molecular weight excluding hydrogens is 512 g/mol. The van der Waals surface area contributed by atoms with Crippen LogP contribution in [0.4, 0.5) is 0 Å². The van der Waals surface area contributed by atoms with Gasteiger partial charge in [-0.2, -0.15) is 0 Å². The Labute approximate surface area is 223 Å². The summed E-state index contributed by atoms with van der Waals surface area (Å²) in [5.74, 6) is 0.301. The second kappa shape index (κ2) is 9.51. The Hall–Kier alpha value is -2.78. The molecule has 2 aromatic heterocycles. The third kappa shape index (κ3) is 4.68. The maximum absolute atomic E-state index is 11.4. The summed E-state index contributed by atoms with van der Waals surface area (Å²) < 4.78 is 13.0. The van der Waals surface area contributed by atoms with E-state index in [1.165, 1.54) is 11.3 Å². The van der Waals surface area contributed by atoms with Crippen LogP contribution in [0, 0.1) is 6.92 Å². The number of carboxylic acid groups (broad SMARTS) is 1. The number of aliphatic hydroxyl groups is 1. The van der Waals surface area contributed by atoms with Crippen molar-refractivity contribution in [2.75, 3.05) is 0 Å². The quantitative estimate of drug-likeness (QED) is 0.265.